The second-order valence-corrected chi connectivity index (χ2v) is 7.51. The van der Waals surface area contributed by atoms with Gasteiger partial charge in [-0.25, -0.2) is 9.59 Å². The molecule has 28 heavy (non-hydrogen) atoms. The molecule has 1 amide bonds. The van der Waals surface area contributed by atoms with Gasteiger partial charge in [0.15, 0.2) is 6.10 Å². The number of thiophene rings is 1. The van der Waals surface area contributed by atoms with Gasteiger partial charge in [-0.2, -0.15) is 0 Å². The van der Waals surface area contributed by atoms with E-state index in [1.54, 1.807) is 6.92 Å². The average Bonchev–Trinajstić information content (AvgIpc) is 3.06. The first-order valence-corrected chi connectivity index (χ1v) is 10.1. The van der Waals surface area contributed by atoms with Crippen LogP contribution in [0.15, 0.2) is 24.5 Å². The zero-order chi connectivity index (χ0) is 20.1. The van der Waals surface area contributed by atoms with Crippen molar-refractivity contribution in [1.29, 1.82) is 0 Å². The quantitative estimate of drug-likeness (QED) is 0.745. The normalized spacial score (nSPS) is 13.9. The summed E-state index contributed by atoms with van der Waals surface area (Å²) < 4.78 is 10.4. The molecule has 1 aliphatic carbocycles. The maximum Gasteiger partial charge on any atom is 0.341 e. The minimum absolute atomic E-state index is 0.261. The van der Waals surface area contributed by atoms with Gasteiger partial charge >= 0.3 is 11.9 Å². The van der Waals surface area contributed by atoms with E-state index < -0.39 is 23.9 Å². The van der Waals surface area contributed by atoms with Gasteiger partial charge in [0.1, 0.15) is 5.00 Å². The predicted octanol–water partition coefficient (Wildman–Crippen LogP) is 3.38. The topological polar surface area (TPSA) is 94.6 Å². The highest BCUT2D eigenvalue weighted by molar-refractivity contribution is 7.17. The van der Waals surface area contributed by atoms with E-state index >= 15 is 0 Å². The van der Waals surface area contributed by atoms with Gasteiger partial charge in [0.05, 0.1) is 17.7 Å². The molecular formula is C20H22N2O5S. The molecule has 148 valence electrons. The molecule has 0 fully saturated rings. The van der Waals surface area contributed by atoms with Crippen LogP contribution in [0.5, 0.6) is 0 Å². The molecule has 0 saturated heterocycles. The van der Waals surface area contributed by atoms with Gasteiger partial charge in [-0.3, -0.25) is 9.78 Å². The molecular weight excluding hydrogens is 380 g/mol. The van der Waals surface area contributed by atoms with Gasteiger partial charge in [-0.05, 0) is 57.2 Å². The molecule has 1 N–H and O–H groups in total. The van der Waals surface area contributed by atoms with Crippen LogP contribution in [0.3, 0.4) is 0 Å². The fraction of sp³-hybridized carbons (Fsp3) is 0.400. The second-order valence-electron chi connectivity index (χ2n) is 6.41. The van der Waals surface area contributed by atoms with Crippen molar-refractivity contribution in [3.05, 3.63) is 46.1 Å². The third kappa shape index (κ3) is 4.39. The molecule has 0 spiro atoms. The Morgan fingerprint density at radius 1 is 1.18 bits per heavy atom. The van der Waals surface area contributed by atoms with Crippen LogP contribution in [-0.4, -0.2) is 35.5 Å². The Morgan fingerprint density at radius 2 is 1.89 bits per heavy atom. The number of rotatable bonds is 6. The summed E-state index contributed by atoms with van der Waals surface area (Å²) in [4.78, 5) is 42.1. The van der Waals surface area contributed by atoms with Crippen molar-refractivity contribution >= 4 is 34.2 Å². The lowest BCUT2D eigenvalue weighted by atomic mass is 9.95. The number of carbonyl (C=O) groups excluding carboxylic acids is 3. The summed E-state index contributed by atoms with van der Waals surface area (Å²) in [6, 6.07) is 3.03. The summed E-state index contributed by atoms with van der Waals surface area (Å²) in [5, 5.41) is 3.21. The molecule has 1 atom stereocenters. The zero-order valence-electron chi connectivity index (χ0n) is 15.8. The zero-order valence-corrected chi connectivity index (χ0v) is 16.6. The highest BCUT2D eigenvalue weighted by Gasteiger charge is 2.28. The molecule has 3 rings (SSSR count). The Hall–Kier alpha value is -2.74. The van der Waals surface area contributed by atoms with E-state index in [2.05, 4.69) is 10.3 Å². The molecule has 7 nitrogen and oxygen atoms in total. The summed E-state index contributed by atoms with van der Waals surface area (Å²) in [6.07, 6.45) is 5.67. The van der Waals surface area contributed by atoms with E-state index in [4.69, 9.17) is 9.47 Å². The highest BCUT2D eigenvalue weighted by Crippen LogP contribution is 2.38. The molecule has 0 aromatic carbocycles. The van der Waals surface area contributed by atoms with Crippen molar-refractivity contribution in [2.24, 2.45) is 0 Å². The number of hydrogen-bond donors (Lipinski definition) is 1. The fourth-order valence-corrected chi connectivity index (χ4v) is 4.34. The van der Waals surface area contributed by atoms with E-state index in [-0.39, 0.29) is 6.61 Å². The van der Waals surface area contributed by atoms with E-state index in [0.717, 1.165) is 36.1 Å². The van der Waals surface area contributed by atoms with Crippen molar-refractivity contribution < 1.29 is 23.9 Å². The van der Waals surface area contributed by atoms with Gasteiger partial charge in [0, 0.05) is 17.3 Å². The number of aromatic nitrogens is 1. The Kier molecular flexibility index (Phi) is 6.41. The molecule has 1 aliphatic rings. The Labute approximate surface area is 167 Å². The van der Waals surface area contributed by atoms with Crippen molar-refractivity contribution in [3.8, 4) is 0 Å². The molecule has 0 saturated carbocycles. The average molecular weight is 402 g/mol. The number of anilines is 1. The van der Waals surface area contributed by atoms with Gasteiger partial charge < -0.3 is 14.8 Å². The van der Waals surface area contributed by atoms with E-state index in [0.29, 0.717) is 16.1 Å². The smallest absolute Gasteiger partial charge is 0.341 e. The standard InChI is InChI=1S/C20H22N2O5S/c1-3-26-20(25)16-14-6-4-5-7-15(14)28-18(16)22-17(23)12(2)27-19(24)13-8-10-21-11-9-13/h8-12H,3-7H2,1-2H3,(H,22,23)/t12-/m0/s1. The molecule has 0 unspecified atom stereocenters. The monoisotopic (exact) mass is 402 g/mol. The van der Waals surface area contributed by atoms with Crippen LogP contribution in [-0.2, 0) is 27.1 Å². The second kappa shape index (κ2) is 8.97. The lowest BCUT2D eigenvalue weighted by Gasteiger charge is -2.14. The van der Waals surface area contributed by atoms with Crippen LogP contribution < -0.4 is 5.32 Å². The largest absolute Gasteiger partial charge is 0.462 e. The summed E-state index contributed by atoms with van der Waals surface area (Å²) in [7, 11) is 0. The van der Waals surface area contributed by atoms with Crippen molar-refractivity contribution in [2.45, 2.75) is 45.6 Å². The molecule has 8 heteroatoms. The third-order valence-corrected chi connectivity index (χ3v) is 5.66. The number of nitrogens with zero attached hydrogens (tertiary/aromatic N) is 1. The number of pyridine rings is 1. The molecule has 2 aromatic heterocycles. The van der Waals surface area contributed by atoms with Crippen molar-refractivity contribution in [2.75, 3.05) is 11.9 Å². The third-order valence-electron chi connectivity index (χ3n) is 4.46. The van der Waals surface area contributed by atoms with Crippen LogP contribution in [0, 0.1) is 0 Å². The molecule has 2 aromatic rings. The SMILES string of the molecule is CCOC(=O)c1c(NC(=O)[C@H](C)OC(=O)c2ccncc2)sc2c1CCCC2. The number of fused-ring (bicyclic) bond motifs is 1. The number of amides is 1. The summed E-state index contributed by atoms with van der Waals surface area (Å²) in [5.74, 6) is -1.54. The number of nitrogens with one attached hydrogen (secondary N) is 1. The molecule has 0 aliphatic heterocycles. The maximum atomic E-state index is 12.6. The van der Waals surface area contributed by atoms with E-state index in [1.807, 2.05) is 0 Å². The number of carbonyl (C=O) groups is 3. The summed E-state index contributed by atoms with van der Waals surface area (Å²) in [5.41, 5.74) is 1.71. The Bertz CT molecular complexity index is 878. The van der Waals surface area contributed by atoms with E-state index in [9.17, 15) is 14.4 Å². The van der Waals surface area contributed by atoms with Gasteiger partial charge in [-0.1, -0.05) is 0 Å². The number of hydrogen-bond acceptors (Lipinski definition) is 7. The van der Waals surface area contributed by atoms with Crippen LogP contribution in [0.4, 0.5) is 5.00 Å². The molecule has 0 radical (unpaired) electrons. The first-order valence-electron chi connectivity index (χ1n) is 9.24. The van der Waals surface area contributed by atoms with Crippen molar-refractivity contribution in [3.63, 3.8) is 0 Å². The lowest BCUT2D eigenvalue weighted by Crippen LogP contribution is -2.30. The van der Waals surface area contributed by atoms with Crippen LogP contribution in [0.1, 0.15) is 57.8 Å². The van der Waals surface area contributed by atoms with Crippen LogP contribution >= 0.6 is 11.3 Å². The summed E-state index contributed by atoms with van der Waals surface area (Å²) >= 11 is 1.40. The maximum absolute atomic E-state index is 12.6. The van der Waals surface area contributed by atoms with E-state index in [1.165, 1.54) is 42.8 Å². The minimum Gasteiger partial charge on any atom is -0.462 e. The number of esters is 2. The van der Waals surface area contributed by atoms with Gasteiger partial charge in [-0.15, -0.1) is 11.3 Å². The minimum atomic E-state index is -1.02. The number of ether oxygens (including phenoxy) is 2. The van der Waals surface area contributed by atoms with Gasteiger partial charge in [0.25, 0.3) is 5.91 Å². The first-order chi connectivity index (χ1) is 13.5. The fourth-order valence-electron chi connectivity index (χ4n) is 3.06. The molecule has 2 heterocycles. The lowest BCUT2D eigenvalue weighted by molar-refractivity contribution is -0.123. The van der Waals surface area contributed by atoms with Crippen molar-refractivity contribution in [1.82, 2.24) is 4.98 Å². The summed E-state index contributed by atoms with van der Waals surface area (Å²) in [6.45, 7) is 3.50. The molecule has 0 bridgehead atoms. The highest BCUT2D eigenvalue weighted by atomic mass is 32.1. The van der Waals surface area contributed by atoms with Gasteiger partial charge in [0.2, 0.25) is 0 Å². The predicted molar refractivity (Wildman–Crippen MR) is 105 cm³/mol. The Balaban J connectivity index is 1.75. The first kappa shape index (κ1) is 20.0. The number of aryl methyl sites for hydroxylation is 1. The Morgan fingerprint density at radius 3 is 2.61 bits per heavy atom. The van der Waals surface area contributed by atoms with Crippen LogP contribution in [0.25, 0.3) is 0 Å². The van der Waals surface area contributed by atoms with Crippen LogP contribution in [0.2, 0.25) is 0 Å².